The lowest BCUT2D eigenvalue weighted by Crippen LogP contribution is -2.45. The predicted molar refractivity (Wildman–Crippen MR) is 112 cm³/mol. The number of nitrogens with zero attached hydrogens (tertiary/aromatic N) is 2. The van der Waals surface area contributed by atoms with Gasteiger partial charge in [0.1, 0.15) is 5.75 Å². The molecule has 0 bridgehead atoms. The fourth-order valence-corrected chi connectivity index (χ4v) is 4.70. The Bertz CT molecular complexity index is 881. The second kappa shape index (κ2) is 8.32. The minimum Gasteiger partial charge on any atom is -0.508 e. The first kappa shape index (κ1) is 19.6. The Morgan fingerprint density at radius 1 is 1.07 bits per heavy atom. The number of phenolic OH excluding ortho intramolecular Hbond substituents is 1. The van der Waals surface area contributed by atoms with Gasteiger partial charge in [0.25, 0.3) is 0 Å². The Morgan fingerprint density at radius 2 is 1.86 bits per heavy atom. The topological polar surface area (TPSA) is 43.8 Å². The van der Waals surface area contributed by atoms with Crippen molar-refractivity contribution in [3.05, 3.63) is 63.1 Å². The first-order chi connectivity index (χ1) is 13.5. The number of hydrogen-bond donors (Lipinski definition) is 1. The van der Waals surface area contributed by atoms with Crippen LogP contribution < -0.4 is 0 Å². The van der Waals surface area contributed by atoms with Gasteiger partial charge < -0.3 is 14.9 Å². The first-order valence-corrected chi connectivity index (χ1v) is 10.5. The van der Waals surface area contributed by atoms with E-state index in [1.807, 2.05) is 17.0 Å². The standard InChI is InChI=1S/C22H24Cl2N2O2/c23-17-7-6-15(12-18(17)24)13-21(28)26-11-8-16-4-3-5-20(27)22(16)19(26)14-25-9-1-2-10-25/h3-7,12,19,27H,1-2,8-11,13-14H2/t19-/m0/s1. The van der Waals surface area contributed by atoms with Gasteiger partial charge in [-0.1, -0.05) is 41.4 Å². The van der Waals surface area contributed by atoms with E-state index < -0.39 is 0 Å². The lowest BCUT2D eigenvalue weighted by molar-refractivity contribution is -0.133. The minimum atomic E-state index is -0.127. The first-order valence-electron chi connectivity index (χ1n) is 9.79. The lowest BCUT2D eigenvalue weighted by Gasteiger charge is -2.39. The number of phenols is 1. The number of hydrogen-bond acceptors (Lipinski definition) is 3. The van der Waals surface area contributed by atoms with Gasteiger partial charge in [-0.25, -0.2) is 0 Å². The van der Waals surface area contributed by atoms with Crippen LogP contribution in [-0.2, 0) is 17.6 Å². The number of amides is 1. The zero-order valence-corrected chi connectivity index (χ0v) is 17.2. The number of aromatic hydroxyl groups is 1. The molecule has 1 atom stereocenters. The fourth-order valence-electron chi connectivity index (χ4n) is 4.38. The highest BCUT2D eigenvalue weighted by Crippen LogP contribution is 2.37. The van der Waals surface area contributed by atoms with E-state index in [0.717, 1.165) is 42.7 Å². The predicted octanol–water partition coefficient (Wildman–Crippen LogP) is 4.46. The summed E-state index contributed by atoms with van der Waals surface area (Å²) in [4.78, 5) is 17.5. The van der Waals surface area contributed by atoms with E-state index in [-0.39, 0.29) is 24.1 Å². The molecule has 4 rings (SSSR count). The summed E-state index contributed by atoms with van der Waals surface area (Å²) < 4.78 is 0. The molecule has 2 aromatic rings. The SMILES string of the molecule is O=C(Cc1ccc(Cl)c(Cl)c1)N1CCc2cccc(O)c2[C@@H]1CN1CCCC1. The minimum absolute atomic E-state index is 0.0523. The Hall–Kier alpha value is -1.75. The Labute approximate surface area is 175 Å². The molecule has 0 aromatic heterocycles. The van der Waals surface area contributed by atoms with Crippen LogP contribution >= 0.6 is 23.2 Å². The molecule has 0 aliphatic carbocycles. The van der Waals surface area contributed by atoms with Crippen molar-refractivity contribution in [2.75, 3.05) is 26.2 Å². The maximum atomic E-state index is 13.2. The Balaban J connectivity index is 1.61. The summed E-state index contributed by atoms with van der Waals surface area (Å²) in [6.45, 7) is 3.52. The summed E-state index contributed by atoms with van der Waals surface area (Å²) in [6.07, 6.45) is 3.42. The molecule has 2 aliphatic heterocycles. The van der Waals surface area contributed by atoms with Gasteiger partial charge in [-0.15, -0.1) is 0 Å². The zero-order valence-electron chi connectivity index (χ0n) is 15.7. The molecule has 2 heterocycles. The molecule has 1 amide bonds. The average Bonchev–Trinajstić information content (AvgIpc) is 3.18. The number of halogens is 2. The molecule has 0 saturated carbocycles. The number of rotatable bonds is 4. The zero-order chi connectivity index (χ0) is 19.7. The molecule has 148 valence electrons. The third-order valence-corrected chi connectivity index (χ3v) is 6.53. The van der Waals surface area contributed by atoms with Crippen LogP contribution in [-0.4, -0.2) is 47.0 Å². The molecule has 4 nitrogen and oxygen atoms in total. The van der Waals surface area contributed by atoms with Crippen LogP contribution in [0.25, 0.3) is 0 Å². The van der Waals surface area contributed by atoms with Crippen LogP contribution in [0.15, 0.2) is 36.4 Å². The summed E-state index contributed by atoms with van der Waals surface area (Å²) in [5, 5.41) is 11.5. The van der Waals surface area contributed by atoms with Crippen molar-refractivity contribution in [1.82, 2.24) is 9.80 Å². The highest BCUT2D eigenvalue weighted by molar-refractivity contribution is 6.42. The number of carbonyl (C=O) groups is 1. The van der Waals surface area contributed by atoms with Gasteiger partial charge in [-0.2, -0.15) is 0 Å². The molecule has 1 saturated heterocycles. The molecule has 6 heteroatoms. The van der Waals surface area contributed by atoms with Crippen molar-refractivity contribution < 1.29 is 9.90 Å². The van der Waals surface area contributed by atoms with E-state index in [9.17, 15) is 9.90 Å². The quantitative estimate of drug-likeness (QED) is 0.796. The van der Waals surface area contributed by atoms with Gasteiger partial charge in [0, 0.05) is 18.7 Å². The maximum absolute atomic E-state index is 13.2. The summed E-state index contributed by atoms with van der Waals surface area (Å²) in [6, 6.07) is 10.9. The molecule has 2 aliphatic rings. The van der Waals surface area contributed by atoms with Crippen LogP contribution in [0.3, 0.4) is 0 Å². The van der Waals surface area contributed by atoms with Gasteiger partial charge in [0.2, 0.25) is 5.91 Å². The van der Waals surface area contributed by atoms with Crippen LogP contribution in [0.2, 0.25) is 10.0 Å². The molecule has 1 fully saturated rings. The fraction of sp³-hybridized carbons (Fsp3) is 0.409. The normalized spacial score (nSPS) is 19.6. The summed E-state index contributed by atoms with van der Waals surface area (Å²) in [5.41, 5.74) is 2.90. The third kappa shape index (κ3) is 4.00. The Morgan fingerprint density at radius 3 is 2.61 bits per heavy atom. The molecule has 2 aromatic carbocycles. The van der Waals surface area contributed by atoms with Crippen molar-refractivity contribution in [3.63, 3.8) is 0 Å². The number of likely N-dealkylation sites (tertiary alicyclic amines) is 1. The molecule has 28 heavy (non-hydrogen) atoms. The number of carbonyl (C=O) groups excluding carboxylic acids is 1. The summed E-state index contributed by atoms with van der Waals surface area (Å²) in [5.74, 6) is 0.338. The van der Waals surface area contributed by atoms with E-state index in [2.05, 4.69) is 11.0 Å². The highest BCUT2D eigenvalue weighted by atomic mass is 35.5. The van der Waals surface area contributed by atoms with Crippen molar-refractivity contribution in [2.24, 2.45) is 0 Å². The highest BCUT2D eigenvalue weighted by Gasteiger charge is 2.34. The second-order valence-corrected chi connectivity index (χ2v) is 8.45. The van der Waals surface area contributed by atoms with Gasteiger partial charge in [-0.3, -0.25) is 4.79 Å². The smallest absolute Gasteiger partial charge is 0.227 e. The van der Waals surface area contributed by atoms with E-state index in [4.69, 9.17) is 23.2 Å². The summed E-state index contributed by atoms with van der Waals surface area (Å²) in [7, 11) is 0. The Kier molecular flexibility index (Phi) is 5.81. The van der Waals surface area contributed by atoms with Crippen LogP contribution in [0.1, 0.15) is 35.6 Å². The van der Waals surface area contributed by atoms with Crippen molar-refractivity contribution in [1.29, 1.82) is 0 Å². The maximum Gasteiger partial charge on any atom is 0.227 e. The van der Waals surface area contributed by atoms with E-state index in [0.29, 0.717) is 16.6 Å². The van der Waals surface area contributed by atoms with Crippen LogP contribution in [0.4, 0.5) is 0 Å². The van der Waals surface area contributed by atoms with Crippen molar-refractivity contribution in [2.45, 2.75) is 31.7 Å². The molecule has 0 spiro atoms. The second-order valence-electron chi connectivity index (χ2n) is 7.64. The van der Waals surface area contributed by atoms with E-state index in [1.54, 1.807) is 18.2 Å². The monoisotopic (exact) mass is 418 g/mol. The van der Waals surface area contributed by atoms with Gasteiger partial charge >= 0.3 is 0 Å². The molecule has 1 N–H and O–H groups in total. The molecule has 0 unspecified atom stereocenters. The van der Waals surface area contributed by atoms with E-state index in [1.165, 1.54) is 12.8 Å². The van der Waals surface area contributed by atoms with Crippen LogP contribution in [0.5, 0.6) is 5.75 Å². The largest absolute Gasteiger partial charge is 0.508 e. The van der Waals surface area contributed by atoms with Gasteiger partial charge in [0.15, 0.2) is 0 Å². The third-order valence-electron chi connectivity index (χ3n) is 5.79. The van der Waals surface area contributed by atoms with E-state index >= 15 is 0 Å². The molecular weight excluding hydrogens is 395 g/mol. The number of benzene rings is 2. The average molecular weight is 419 g/mol. The van der Waals surface area contributed by atoms with Crippen molar-refractivity contribution >= 4 is 29.1 Å². The van der Waals surface area contributed by atoms with Gasteiger partial charge in [-0.05, 0) is 61.7 Å². The van der Waals surface area contributed by atoms with Gasteiger partial charge in [0.05, 0.1) is 22.5 Å². The number of fused-ring (bicyclic) bond motifs is 1. The lowest BCUT2D eigenvalue weighted by atomic mass is 9.90. The molecule has 0 radical (unpaired) electrons. The molecular formula is C22H24Cl2N2O2. The van der Waals surface area contributed by atoms with Crippen molar-refractivity contribution in [3.8, 4) is 5.75 Å². The van der Waals surface area contributed by atoms with Crippen LogP contribution in [0, 0.1) is 0 Å². The summed E-state index contributed by atoms with van der Waals surface area (Å²) >= 11 is 12.1.